The van der Waals surface area contributed by atoms with E-state index in [4.69, 9.17) is 4.74 Å². The van der Waals surface area contributed by atoms with Gasteiger partial charge in [0.2, 0.25) is 5.91 Å². The van der Waals surface area contributed by atoms with Crippen LogP contribution in [0.25, 0.3) is 10.8 Å². The van der Waals surface area contributed by atoms with E-state index < -0.39 is 11.9 Å². The van der Waals surface area contributed by atoms with Crippen LogP contribution in [0.2, 0.25) is 0 Å². The summed E-state index contributed by atoms with van der Waals surface area (Å²) in [4.78, 5) is 33.7. The fourth-order valence-electron chi connectivity index (χ4n) is 4.12. The van der Waals surface area contributed by atoms with Crippen molar-refractivity contribution in [2.24, 2.45) is 0 Å². The molecule has 5 aromatic rings. The summed E-state index contributed by atoms with van der Waals surface area (Å²) in [6, 6.07) is 25.0. The van der Waals surface area contributed by atoms with Crippen molar-refractivity contribution in [2.45, 2.75) is 12.6 Å². The fourth-order valence-corrected chi connectivity index (χ4v) is 4.55. The van der Waals surface area contributed by atoms with Crippen LogP contribution in [0, 0.1) is 0 Å². The minimum absolute atomic E-state index is 0.154. The molecule has 1 atom stereocenters. The lowest BCUT2D eigenvalue weighted by Gasteiger charge is -2.31. The van der Waals surface area contributed by atoms with Crippen molar-refractivity contribution in [3.05, 3.63) is 113 Å². The van der Waals surface area contributed by atoms with Crippen LogP contribution in [0.4, 0.5) is 5.69 Å². The number of aromatic nitrogens is 3. The maximum absolute atomic E-state index is 13.9. The van der Waals surface area contributed by atoms with Crippen molar-refractivity contribution in [3.63, 3.8) is 0 Å². The van der Waals surface area contributed by atoms with E-state index in [1.807, 2.05) is 66.7 Å². The van der Waals surface area contributed by atoms with Crippen LogP contribution in [0.1, 0.15) is 27.8 Å². The third kappa shape index (κ3) is 5.17. The van der Waals surface area contributed by atoms with Gasteiger partial charge >= 0.3 is 0 Å². The van der Waals surface area contributed by atoms with Crippen LogP contribution < -0.4 is 15.0 Å². The number of benzene rings is 3. The Kier molecular flexibility index (Phi) is 7.14. The van der Waals surface area contributed by atoms with Crippen LogP contribution in [0.5, 0.6) is 5.75 Å². The predicted molar refractivity (Wildman–Crippen MR) is 142 cm³/mol. The van der Waals surface area contributed by atoms with Crippen molar-refractivity contribution < 1.29 is 14.3 Å². The Balaban J connectivity index is 1.59. The maximum atomic E-state index is 13.9. The highest BCUT2D eigenvalue weighted by atomic mass is 32.1. The molecular formula is C28H23N5O3S. The molecule has 9 heteroatoms. The standard InChI is InChI=1S/C28H23N5O3S/c1-36-21-14-12-19(13-15-21)17-30-27(34)26(23-10-4-5-16-29-23)33(28(35)24-18-37-32-31-24)25-11-6-8-20-7-2-3-9-22(20)25/h2-16,18,26H,17H2,1H3,(H,30,34)/t26-/m1/s1. The third-order valence-electron chi connectivity index (χ3n) is 5.92. The molecule has 2 heterocycles. The second-order valence-corrected chi connectivity index (χ2v) is 8.80. The lowest BCUT2D eigenvalue weighted by atomic mass is 10.0. The number of carbonyl (C=O) groups is 2. The highest BCUT2D eigenvalue weighted by Crippen LogP contribution is 2.34. The molecule has 0 saturated carbocycles. The molecule has 5 rings (SSSR count). The predicted octanol–water partition coefficient (Wildman–Crippen LogP) is 4.80. The molecule has 0 aliphatic heterocycles. The number of fused-ring (bicyclic) bond motifs is 1. The van der Waals surface area contributed by atoms with Crippen LogP contribution in [0.3, 0.4) is 0 Å². The highest BCUT2D eigenvalue weighted by Gasteiger charge is 2.36. The fraction of sp³-hybridized carbons (Fsp3) is 0.107. The first-order valence-electron chi connectivity index (χ1n) is 11.6. The number of hydrogen-bond acceptors (Lipinski definition) is 7. The van der Waals surface area contributed by atoms with E-state index in [1.165, 1.54) is 4.90 Å². The second-order valence-electron chi connectivity index (χ2n) is 8.19. The molecule has 0 spiro atoms. The van der Waals surface area contributed by atoms with Gasteiger partial charge in [0.05, 0.1) is 18.5 Å². The zero-order valence-corrected chi connectivity index (χ0v) is 20.8. The monoisotopic (exact) mass is 509 g/mol. The van der Waals surface area contributed by atoms with Crippen molar-refractivity contribution in [1.29, 1.82) is 0 Å². The summed E-state index contributed by atoms with van der Waals surface area (Å²) in [7, 11) is 1.60. The first-order chi connectivity index (χ1) is 18.2. The van der Waals surface area contributed by atoms with Crippen molar-refractivity contribution in [2.75, 3.05) is 12.0 Å². The Morgan fingerprint density at radius 3 is 2.49 bits per heavy atom. The molecule has 184 valence electrons. The van der Waals surface area contributed by atoms with E-state index in [-0.39, 0.29) is 18.1 Å². The molecule has 0 radical (unpaired) electrons. The summed E-state index contributed by atoms with van der Waals surface area (Å²) < 4.78 is 9.08. The van der Waals surface area contributed by atoms with Crippen LogP contribution >= 0.6 is 11.5 Å². The number of hydrogen-bond donors (Lipinski definition) is 1. The Morgan fingerprint density at radius 1 is 0.973 bits per heavy atom. The summed E-state index contributed by atoms with van der Waals surface area (Å²) in [5.41, 5.74) is 2.05. The van der Waals surface area contributed by atoms with Gasteiger partial charge in [0.25, 0.3) is 5.91 Å². The molecule has 3 aromatic carbocycles. The SMILES string of the molecule is COc1ccc(CNC(=O)[C@@H](c2ccccn2)N(C(=O)c2csnn2)c2cccc3ccccc23)cc1. The highest BCUT2D eigenvalue weighted by molar-refractivity contribution is 7.03. The van der Waals surface area contributed by atoms with E-state index in [2.05, 4.69) is 19.9 Å². The first-order valence-corrected chi connectivity index (χ1v) is 12.4. The van der Waals surface area contributed by atoms with Crippen LogP contribution in [0.15, 0.2) is 96.5 Å². The molecule has 0 unspecified atom stereocenters. The number of pyridine rings is 1. The Hall–Kier alpha value is -4.63. The van der Waals surface area contributed by atoms with Gasteiger partial charge in [-0.05, 0) is 52.8 Å². The van der Waals surface area contributed by atoms with Gasteiger partial charge < -0.3 is 10.1 Å². The lowest BCUT2D eigenvalue weighted by molar-refractivity contribution is -0.122. The minimum atomic E-state index is -1.06. The molecule has 0 fully saturated rings. The van der Waals surface area contributed by atoms with Gasteiger partial charge in [-0.15, -0.1) is 5.10 Å². The van der Waals surface area contributed by atoms with Gasteiger partial charge in [-0.1, -0.05) is 59.1 Å². The van der Waals surface area contributed by atoms with Crippen LogP contribution in [-0.4, -0.2) is 33.5 Å². The Labute approximate surface area is 217 Å². The Bertz CT molecular complexity index is 1500. The largest absolute Gasteiger partial charge is 0.497 e. The van der Waals surface area contributed by atoms with Gasteiger partial charge in [-0.2, -0.15) is 0 Å². The molecule has 0 aliphatic rings. The number of carbonyl (C=O) groups excluding carboxylic acids is 2. The third-order valence-corrected chi connectivity index (χ3v) is 6.43. The van der Waals surface area contributed by atoms with E-state index >= 15 is 0 Å². The summed E-state index contributed by atoms with van der Waals surface area (Å²) in [6.07, 6.45) is 1.61. The van der Waals surface area contributed by atoms with Gasteiger partial charge in [0.1, 0.15) is 5.75 Å². The average molecular weight is 510 g/mol. The molecule has 0 bridgehead atoms. The summed E-state index contributed by atoms with van der Waals surface area (Å²) in [5.74, 6) is -0.0922. The smallest absolute Gasteiger partial charge is 0.280 e. The lowest BCUT2D eigenvalue weighted by Crippen LogP contribution is -2.44. The average Bonchev–Trinajstić information content (AvgIpc) is 3.50. The van der Waals surface area contributed by atoms with Gasteiger partial charge in [-0.25, -0.2) is 0 Å². The van der Waals surface area contributed by atoms with Gasteiger partial charge in [0, 0.05) is 23.5 Å². The topological polar surface area (TPSA) is 97.3 Å². The minimum Gasteiger partial charge on any atom is -0.497 e. The number of nitrogens with one attached hydrogen (secondary N) is 1. The van der Waals surface area contributed by atoms with E-state index in [0.717, 1.165) is 33.6 Å². The molecule has 37 heavy (non-hydrogen) atoms. The second kappa shape index (κ2) is 11.0. The van der Waals surface area contributed by atoms with E-state index in [1.54, 1.807) is 36.9 Å². The van der Waals surface area contributed by atoms with Crippen molar-refractivity contribution in [1.82, 2.24) is 19.9 Å². The van der Waals surface area contributed by atoms with Crippen LogP contribution in [-0.2, 0) is 11.3 Å². The Morgan fingerprint density at radius 2 is 1.76 bits per heavy atom. The van der Waals surface area contributed by atoms with Crippen molar-refractivity contribution in [3.8, 4) is 5.75 Å². The zero-order chi connectivity index (χ0) is 25.6. The molecule has 2 amide bonds. The summed E-state index contributed by atoms with van der Waals surface area (Å²) in [6.45, 7) is 0.266. The van der Waals surface area contributed by atoms with Crippen molar-refractivity contribution >= 4 is 39.8 Å². The van der Waals surface area contributed by atoms with Gasteiger partial charge in [-0.3, -0.25) is 19.5 Å². The number of anilines is 1. The molecule has 1 N–H and O–H groups in total. The molecule has 0 aliphatic carbocycles. The maximum Gasteiger partial charge on any atom is 0.280 e. The number of amides is 2. The van der Waals surface area contributed by atoms with E-state index in [0.29, 0.717) is 11.4 Å². The number of nitrogens with zero attached hydrogens (tertiary/aromatic N) is 4. The number of methoxy groups -OCH3 is 1. The quantitative estimate of drug-likeness (QED) is 0.323. The summed E-state index contributed by atoms with van der Waals surface area (Å²) >= 11 is 1.08. The first kappa shape index (κ1) is 24.1. The molecule has 0 saturated heterocycles. The molecule has 8 nitrogen and oxygen atoms in total. The summed E-state index contributed by atoms with van der Waals surface area (Å²) in [5, 5.41) is 10.3. The van der Waals surface area contributed by atoms with E-state index in [9.17, 15) is 9.59 Å². The number of rotatable bonds is 8. The van der Waals surface area contributed by atoms with Gasteiger partial charge in [0.15, 0.2) is 11.7 Å². The molecular weight excluding hydrogens is 486 g/mol. The number of ether oxygens (including phenoxy) is 1. The normalized spacial score (nSPS) is 11.6. The zero-order valence-electron chi connectivity index (χ0n) is 19.9. The molecule has 2 aromatic heterocycles.